The second-order valence-corrected chi connectivity index (χ2v) is 12.5. The fraction of sp³-hybridized carbons (Fsp3) is 0.0698. The molecule has 1 aromatic heterocycles. The number of aromatic nitrogens is 3. The zero-order valence-electron chi connectivity index (χ0n) is 26.1. The number of benzene rings is 6. The molecule has 0 unspecified atom stereocenters. The lowest BCUT2D eigenvalue weighted by Crippen LogP contribution is -2.15. The maximum atomic E-state index is 9.47. The summed E-state index contributed by atoms with van der Waals surface area (Å²) in [6.45, 7) is 4.53. The third-order valence-corrected chi connectivity index (χ3v) is 9.18. The lowest BCUT2D eigenvalue weighted by Gasteiger charge is -2.22. The van der Waals surface area contributed by atoms with Crippen molar-refractivity contribution in [2.24, 2.45) is 0 Å². The summed E-state index contributed by atoms with van der Waals surface area (Å²) in [5.74, 6) is 1.94. The van der Waals surface area contributed by atoms with Gasteiger partial charge in [0.05, 0.1) is 11.6 Å². The number of fused-ring (bicyclic) bond motifs is 3. The summed E-state index contributed by atoms with van der Waals surface area (Å²) >= 11 is 0. The van der Waals surface area contributed by atoms with Gasteiger partial charge in [0.2, 0.25) is 0 Å². The van der Waals surface area contributed by atoms with Gasteiger partial charge in [-0.05, 0) is 68.8 Å². The molecule has 1 aliphatic rings. The number of hydrogen-bond donors (Lipinski definition) is 0. The lowest BCUT2D eigenvalue weighted by atomic mass is 9.81. The SMILES string of the molecule is CC1(C)c2ccc(C#N)cc2-c2ccc(-c3ccc(-c4cccc(-c5nc(-c6ccccc6)nc(-c6ccccc6)n5)c4)cc3)cc21. The van der Waals surface area contributed by atoms with Crippen molar-refractivity contribution in [3.05, 3.63) is 162 Å². The van der Waals surface area contributed by atoms with Crippen LogP contribution in [0.4, 0.5) is 0 Å². The van der Waals surface area contributed by atoms with E-state index in [4.69, 9.17) is 15.0 Å². The normalized spacial score (nSPS) is 12.6. The molecule has 0 saturated carbocycles. The third-order valence-electron chi connectivity index (χ3n) is 9.18. The van der Waals surface area contributed by atoms with Crippen LogP contribution in [0.1, 0.15) is 30.5 Å². The molecule has 1 heterocycles. The number of rotatable bonds is 5. The van der Waals surface area contributed by atoms with Crippen LogP contribution in [-0.4, -0.2) is 15.0 Å². The largest absolute Gasteiger partial charge is 0.208 e. The highest BCUT2D eigenvalue weighted by Crippen LogP contribution is 2.50. The monoisotopic (exact) mass is 602 g/mol. The molecule has 0 amide bonds. The summed E-state index contributed by atoms with van der Waals surface area (Å²) in [5, 5.41) is 9.47. The van der Waals surface area contributed by atoms with E-state index in [1.807, 2.05) is 72.8 Å². The molecule has 4 nitrogen and oxygen atoms in total. The van der Waals surface area contributed by atoms with Gasteiger partial charge in [0.15, 0.2) is 17.5 Å². The van der Waals surface area contributed by atoms with Gasteiger partial charge in [-0.1, -0.05) is 135 Å². The number of nitriles is 1. The van der Waals surface area contributed by atoms with Gasteiger partial charge in [0.1, 0.15) is 0 Å². The smallest absolute Gasteiger partial charge is 0.164 e. The fourth-order valence-corrected chi connectivity index (χ4v) is 6.63. The van der Waals surface area contributed by atoms with Crippen molar-refractivity contribution >= 4 is 0 Å². The van der Waals surface area contributed by atoms with E-state index in [0.29, 0.717) is 23.0 Å². The van der Waals surface area contributed by atoms with Crippen molar-refractivity contribution in [1.29, 1.82) is 5.26 Å². The van der Waals surface area contributed by atoms with Gasteiger partial charge in [-0.3, -0.25) is 0 Å². The highest BCUT2D eigenvalue weighted by molar-refractivity contribution is 5.84. The van der Waals surface area contributed by atoms with Crippen LogP contribution in [0.3, 0.4) is 0 Å². The number of nitrogens with zero attached hydrogens (tertiary/aromatic N) is 4. The molecule has 4 heteroatoms. The van der Waals surface area contributed by atoms with E-state index in [2.05, 4.69) is 92.7 Å². The topological polar surface area (TPSA) is 62.5 Å². The summed E-state index contributed by atoms with van der Waals surface area (Å²) in [4.78, 5) is 14.7. The molecular formula is C43H30N4. The van der Waals surface area contributed by atoms with Gasteiger partial charge < -0.3 is 0 Å². The molecule has 222 valence electrons. The quantitative estimate of drug-likeness (QED) is 0.197. The average molecular weight is 603 g/mol. The van der Waals surface area contributed by atoms with Gasteiger partial charge in [0.25, 0.3) is 0 Å². The first-order valence-corrected chi connectivity index (χ1v) is 15.8. The second kappa shape index (κ2) is 11.3. The first-order valence-electron chi connectivity index (χ1n) is 15.8. The molecule has 1 aliphatic carbocycles. The summed E-state index contributed by atoms with van der Waals surface area (Å²) < 4.78 is 0. The van der Waals surface area contributed by atoms with Crippen LogP contribution in [0.15, 0.2) is 146 Å². The fourth-order valence-electron chi connectivity index (χ4n) is 6.63. The molecule has 0 N–H and O–H groups in total. The van der Waals surface area contributed by atoms with Crippen LogP contribution < -0.4 is 0 Å². The van der Waals surface area contributed by atoms with Gasteiger partial charge in [0, 0.05) is 22.1 Å². The van der Waals surface area contributed by atoms with Crippen molar-refractivity contribution in [1.82, 2.24) is 15.0 Å². The summed E-state index contributed by atoms with van der Waals surface area (Å²) in [7, 11) is 0. The minimum Gasteiger partial charge on any atom is -0.208 e. The molecule has 0 saturated heterocycles. The molecular weight excluding hydrogens is 573 g/mol. The van der Waals surface area contributed by atoms with Crippen LogP contribution in [0, 0.1) is 11.3 Å². The summed E-state index contributed by atoms with van der Waals surface area (Å²) in [6, 6.07) is 52.3. The van der Waals surface area contributed by atoms with Crippen molar-refractivity contribution in [3.63, 3.8) is 0 Å². The van der Waals surface area contributed by atoms with E-state index in [1.165, 1.54) is 22.3 Å². The van der Waals surface area contributed by atoms with Crippen molar-refractivity contribution in [2.75, 3.05) is 0 Å². The van der Waals surface area contributed by atoms with Crippen LogP contribution >= 0.6 is 0 Å². The Morgan fingerprint density at radius 3 is 1.53 bits per heavy atom. The first-order chi connectivity index (χ1) is 23.0. The van der Waals surface area contributed by atoms with Crippen LogP contribution in [0.5, 0.6) is 0 Å². The first kappa shape index (κ1) is 28.3. The van der Waals surface area contributed by atoms with E-state index in [0.717, 1.165) is 38.9 Å². The maximum Gasteiger partial charge on any atom is 0.164 e. The molecule has 0 fully saturated rings. The van der Waals surface area contributed by atoms with Gasteiger partial charge >= 0.3 is 0 Å². The molecule has 0 bridgehead atoms. The molecule has 7 aromatic rings. The van der Waals surface area contributed by atoms with E-state index < -0.39 is 0 Å². The van der Waals surface area contributed by atoms with Crippen LogP contribution in [0.2, 0.25) is 0 Å². The Hall–Kier alpha value is -6.18. The summed E-state index contributed by atoms with van der Waals surface area (Å²) in [5.41, 5.74) is 12.9. The van der Waals surface area contributed by atoms with Crippen molar-refractivity contribution in [2.45, 2.75) is 19.3 Å². The summed E-state index contributed by atoms with van der Waals surface area (Å²) in [6.07, 6.45) is 0. The maximum absolute atomic E-state index is 9.47. The third kappa shape index (κ3) is 5.09. The zero-order valence-corrected chi connectivity index (χ0v) is 26.1. The average Bonchev–Trinajstić information content (AvgIpc) is 3.37. The molecule has 0 spiro atoms. The Morgan fingerprint density at radius 2 is 0.936 bits per heavy atom. The minimum absolute atomic E-state index is 0.134. The molecule has 0 radical (unpaired) electrons. The van der Waals surface area contributed by atoms with Gasteiger partial charge in [-0.25, -0.2) is 15.0 Å². The Labute approximate surface area is 274 Å². The number of hydrogen-bond acceptors (Lipinski definition) is 4. The molecule has 0 atom stereocenters. The molecule has 8 rings (SSSR count). The van der Waals surface area contributed by atoms with E-state index in [-0.39, 0.29) is 5.41 Å². The van der Waals surface area contributed by atoms with Crippen molar-refractivity contribution in [3.8, 4) is 73.6 Å². The predicted octanol–water partition coefficient (Wildman–Crippen LogP) is 10.4. The molecule has 0 aliphatic heterocycles. The lowest BCUT2D eigenvalue weighted by molar-refractivity contribution is 0.660. The van der Waals surface area contributed by atoms with Gasteiger partial charge in [-0.15, -0.1) is 0 Å². The van der Waals surface area contributed by atoms with Crippen LogP contribution in [-0.2, 0) is 5.41 Å². The zero-order chi connectivity index (χ0) is 32.0. The van der Waals surface area contributed by atoms with Crippen molar-refractivity contribution < 1.29 is 0 Å². The standard InChI is InChI=1S/C43H30N4/c1-43(2)38-23-16-28(27-44)24-37(38)36-22-21-34(26-39(36)43)30-19-17-29(18-20-30)33-14-9-15-35(25-33)42-46-40(31-10-5-3-6-11-31)45-41(47-42)32-12-7-4-8-13-32/h3-26H,1-2H3. The van der Waals surface area contributed by atoms with Gasteiger partial charge in [-0.2, -0.15) is 5.26 Å². The van der Waals surface area contributed by atoms with E-state index in [1.54, 1.807) is 0 Å². The highest BCUT2D eigenvalue weighted by Gasteiger charge is 2.35. The molecule has 6 aromatic carbocycles. The molecule has 47 heavy (non-hydrogen) atoms. The van der Waals surface area contributed by atoms with E-state index in [9.17, 15) is 5.26 Å². The Bertz CT molecular complexity index is 2260. The van der Waals surface area contributed by atoms with E-state index >= 15 is 0 Å². The second-order valence-electron chi connectivity index (χ2n) is 12.5. The highest BCUT2D eigenvalue weighted by atomic mass is 15.0. The predicted molar refractivity (Wildman–Crippen MR) is 189 cm³/mol. The Kier molecular flexibility index (Phi) is 6.82. The van der Waals surface area contributed by atoms with Crippen LogP contribution in [0.25, 0.3) is 67.5 Å². The Morgan fingerprint density at radius 1 is 0.426 bits per heavy atom. The Balaban J connectivity index is 1.13. The minimum atomic E-state index is -0.134.